The Labute approximate surface area is 122 Å². The quantitative estimate of drug-likeness (QED) is 0.901. The average molecular weight is 268 g/mol. The molecule has 1 unspecified atom stereocenters. The van der Waals surface area contributed by atoms with Crippen LogP contribution in [0.1, 0.15) is 23.6 Å². The van der Waals surface area contributed by atoms with E-state index < -0.39 is 0 Å². The number of likely N-dealkylation sites (N-methyl/N-ethyl adjacent to an activating group) is 1. The van der Waals surface area contributed by atoms with Gasteiger partial charge in [-0.1, -0.05) is 60.2 Å². The first-order valence-electron chi connectivity index (χ1n) is 7.06. The molecule has 0 aromatic heterocycles. The van der Waals surface area contributed by atoms with Gasteiger partial charge in [0.15, 0.2) is 0 Å². The van der Waals surface area contributed by atoms with Gasteiger partial charge in [-0.05, 0) is 32.0 Å². The van der Waals surface area contributed by atoms with Gasteiger partial charge in [-0.25, -0.2) is 0 Å². The van der Waals surface area contributed by atoms with Crippen LogP contribution in [0.3, 0.4) is 0 Å². The maximum Gasteiger partial charge on any atom is 0.0509 e. The van der Waals surface area contributed by atoms with Crippen LogP contribution in [0.4, 0.5) is 0 Å². The number of aryl methyl sites for hydroxylation is 1. The van der Waals surface area contributed by atoms with Crippen LogP contribution < -0.4 is 5.73 Å². The van der Waals surface area contributed by atoms with Crippen molar-refractivity contribution >= 4 is 0 Å². The lowest BCUT2D eigenvalue weighted by Crippen LogP contribution is -2.43. The lowest BCUT2D eigenvalue weighted by atomic mass is 9.92. The first kappa shape index (κ1) is 14.8. The van der Waals surface area contributed by atoms with Crippen molar-refractivity contribution in [2.24, 2.45) is 5.73 Å². The Balaban J connectivity index is 2.02. The largest absolute Gasteiger partial charge is 0.321 e. The summed E-state index contributed by atoms with van der Waals surface area (Å²) in [5.74, 6) is 0. The zero-order valence-corrected chi connectivity index (χ0v) is 12.6. The SMILES string of the molecule is Cc1cccc(CN(C)CC(C)(N)c2ccccc2)c1. The van der Waals surface area contributed by atoms with Crippen molar-refractivity contribution in [3.63, 3.8) is 0 Å². The highest BCUT2D eigenvalue weighted by molar-refractivity contribution is 5.24. The van der Waals surface area contributed by atoms with Crippen LogP contribution in [0.5, 0.6) is 0 Å². The molecule has 2 nitrogen and oxygen atoms in total. The maximum atomic E-state index is 6.48. The van der Waals surface area contributed by atoms with Gasteiger partial charge in [0.2, 0.25) is 0 Å². The van der Waals surface area contributed by atoms with Crippen LogP contribution in [0.2, 0.25) is 0 Å². The summed E-state index contributed by atoms with van der Waals surface area (Å²) in [6.45, 7) is 5.96. The highest BCUT2D eigenvalue weighted by atomic mass is 15.1. The number of nitrogens with zero attached hydrogens (tertiary/aromatic N) is 1. The predicted molar refractivity (Wildman–Crippen MR) is 85.5 cm³/mol. The molecule has 0 bridgehead atoms. The molecule has 0 spiro atoms. The number of hydrogen-bond acceptors (Lipinski definition) is 2. The van der Waals surface area contributed by atoms with Gasteiger partial charge in [-0.3, -0.25) is 4.90 Å². The zero-order valence-electron chi connectivity index (χ0n) is 12.6. The molecule has 0 aliphatic rings. The number of rotatable bonds is 5. The van der Waals surface area contributed by atoms with Crippen LogP contribution in [0.15, 0.2) is 54.6 Å². The van der Waals surface area contributed by atoms with E-state index in [4.69, 9.17) is 5.73 Å². The summed E-state index contributed by atoms with van der Waals surface area (Å²) in [5.41, 5.74) is 9.95. The Hall–Kier alpha value is -1.64. The normalized spacial score (nSPS) is 14.2. The first-order valence-corrected chi connectivity index (χ1v) is 7.06. The Morgan fingerprint density at radius 3 is 2.40 bits per heavy atom. The first-order chi connectivity index (χ1) is 9.47. The van der Waals surface area contributed by atoms with Crippen molar-refractivity contribution in [2.75, 3.05) is 13.6 Å². The summed E-state index contributed by atoms with van der Waals surface area (Å²) in [6, 6.07) is 18.9. The summed E-state index contributed by atoms with van der Waals surface area (Å²) >= 11 is 0. The second kappa shape index (κ2) is 6.21. The third-order valence-corrected chi connectivity index (χ3v) is 3.57. The van der Waals surface area contributed by atoms with E-state index in [2.05, 4.69) is 62.2 Å². The molecule has 0 saturated heterocycles. The summed E-state index contributed by atoms with van der Waals surface area (Å²) < 4.78 is 0. The minimum Gasteiger partial charge on any atom is -0.321 e. The molecule has 1 atom stereocenters. The molecule has 0 heterocycles. The average Bonchev–Trinajstić information content (AvgIpc) is 2.39. The molecule has 106 valence electrons. The molecule has 0 fully saturated rings. The third-order valence-electron chi connectivity index (χ3n) is 3.57. The van der Waals surface area contributed by atoms with E-state index in [1.807, 2.05) is 18.2 Å². The maximum absolute atomic E-state index is 6.48. The van der Waals surface area contributed by atoms with Gasteiger partial charge in [0.25, 0.3) is 0 Å². The van der Waals surface area contributed by atoms with E-state index in [-0.39, 0.29) is 5.54 Å². The second-order valence-corrected chi connectivity index (χ2v) is 5.94. The molecular weight excluding hydrogens is 244 g/mol. The van der Waals surface area contributed by atoms with Crippen molar-refractivity contribution in [1.29, 1.82) is 0 Å². The van der Waals surface area contributed by atoms with Crippen LogP contribution >= 0.6 is 0 Å². The van der Waals surface area contributed by atoms with Crippen molar-refractivity contribution < 1.29 is 0 Å². The smallest absolute Gasteiger partial charge is 0.0509 e. The summed E-state index contributed by atoms with van der Waals surface area (Å²) in [6.07, 6.45) is 0. The predicted octanol–water partition coefficient (Wildman–Crippen LogP) is 3.30. The number of hydrogen-bond donors (Lipinski definition) is 1. The van der Waals surface area contributed by atoms with E-state index in [0.29, 0.717) is 0 Å². The van der Waals surface area contributed by atoms with Crippen LogP contribution in [-0.4, -0.2) is 18.5 Å². The van der Waals surface area contributed by atoms with Crippen LogP contribution in [0.25, 0.3) is 0 Å². The van der Waals surface area contributed by atoms with Crippen molar-refractivity contribution in [1.82, 2.24) is 4.90 Å². The fourth-order valence-corrected chi connectivity index (χ4v) is 2.65. The van der Waals surface area contributed by atoms with Crippen molar-refractivity contribution in [2.45, 2.75) is 25.9 Å². The molecule has 2 aromatic carbocycles. The Kier molecular flexibility index (Phi) is 4.58. The second-order valence-electron chi connectivity index (χ2n) is 5.94. The monoisotopic (exact) mass is 268 g/mol. The summed E-state index contributed by atoms with van der Waals surface area (Å²) in [7, 11) is 2.12. The minimum atomic E-state index is -0.333. The molecule has 2 N–H and O–H groups in total. The Morgan fingerprint density at radius 1 is 1.05 bits per heavy atom. The van der Waals surface area contributed by atoms with Crippen LogP contribution in [-0.2, 0) is 12.1 Å². The highest BCUT2D eigenvalue weighted by Crippen LogP contribution is 2.19. The number of benzene rings is 2. The van der Waals surface area contributed by atoms with Crippen LogP contribution in [0, 0.1) is 6.92 Å². The molecule has 2 rings (SSSR count). The molecular formula is C18H24N2. The van der Waals surface area contributed by atoms with Gasteiger partial charge in [0, 0.05) is 13.1 Å². The molecule has 0 radical (unpaired) electrons. The van der Waals surface area contributed by atoms with Gasteiger partial charge >= 0.3 is 0 Å². The van der Waals surface area contributed by atoms with Gasteiger partial charge < -0.3 is 5.73 Å². The lowest BCUT2D eigenvalue weighted by molar-refractivity contribution is 0.253. The van der Waals surface area contributed by atoms with E-state index >= 15 is 0 Å². The zero-order chi connectivity index (χ0) is 14.6. The van der Waals surface area contributed by atoms with E-state index in [1.165, 1.54) is 16.7 Å². The fraction of sp³-hybridized carbons (Fsp3) is 0.333. The molecule has 0 aliphatic carbocycles. The topological polar surface area (TPSA) is 29.3 Å². The fourth-order valence-electron chi connectivity index (χ4n) is 2.65. The van der Waals surface area contributed by atoms with Crippen molar-refractivity contribution in [3.8, 4) is 0 Å². The highest BCUT2D eigenvalue weighted by Gasteiger charge is 2.22. The summed E-state index contributed by atoms with van der Waals surface area (Å²) in [5, 5.41) is 0. The number of nitrogens with two attached hydrogens (primary N) is 1. The molecule has 2 heteroatoms. The third kappa shape index (κ3) is 3.92. The minimum absolute atomic E-state index is 0.333. The molecule has 0 saturated carbocycles. The van der Waals surface area contributed by atoms with Gasteiger partial charge in [-0.15, -0.1) is 0 Å². The van der Waals surface area contributed by atoms with Gasteiger partial charge in [0.05, 0.1) is 5.54 Å². The Morgan fingerprint density at radius 2 is 1.75 bits per heavy atom. The Bertz CT molecular complexity index is 546. The van der Waals surface area contributed by atoms with Gasteiger partial charge in [0.1, 0.15) is 0 Å². The van der Waals surface area contributed by atoms with E-state index in [9.17, 15) is 0 Å². The van der Waals surface area contributed by atoms with E-state index in [1.54, 1.807) is 0 Å². The standard InChI is InChI=1S/C18H24N2/c1-15-8-7-9-16(12-15)13-20(3)14-18(2,19)17-10-5-4-6-11-17/h4-12H,13-14,19H2,1-3H3. The van der Waals surface area contributed by atoms with Crippen molar-refractivity contribution in [3.05, 3.63) is 71.3 Å². The molecule has 20 heavy (non-hydrogen) atoms. The lowest BCUT2D eigenvalue weighted by Gasteiger charge is -2.30. The van der Waals surface area contributed by atoms with Gasteiger partial charge in [-0.2, -0.15) is 0 Å². The molecule has 0 amide bonds. The molecule has 2 aromatic rings. The summed E-state index contributed by atoms with van der Waals surface area (Å²) in [4.78, 5) is 2.28. The molecule has 0 aliphatic heterocycles. The van der Waals surface area contributed by atoms with E-state index in [0.717, 1.165) is 13.1 Å².